The topological polar surface area (TPSA) is 96.3 Å². The Balaban J connectivity index is 1.20. The first kappa shape index (κ1) is 25.5. The number of pyridine rings is 1. The van der Waals surface area contributed by atoms with Crippen LogP contribution < -0.4 is 5.56 Å². The second-order valence-electron chi connectivity index (χ2n) is 11.5. The number of hydrogen-bond donors (Lipinski definition) is 2. The largest absolute Gasteiger partial charge is 0.392 e. The zero-order valence-electron chi connectivity index (χ0n) is 23.0. The minimum Gasteiger partial charge on any atom is -0.392 e. The highest BCUT2D eigenvalue weighted by molar-refractivity contribution is 5.94. The maximum atomic E-state index is 15.2. The molecule has 5 aromatic rings. The van der Waals surface area contributed by atoms with Crippen molar-refractivity contribution in [3.8, 4) is 16.9 Å². The fourth-order valence-electron chi connectivity index (χ4n) is 6.40. The van der Waals surface area contributed by atoms with E-state index in [0.717, 1.165) is 62.2 Å². The zero-order valence-corrected chi connectivity index (χ0v) is 23.0. The fraction of sp³-hybridized carbons (Fsp3) is 0.303. The molecule has 212 valence electrons. The summed E-state index contributed by atoms with van der Waals surface area (Å²) in [5, 5.41) is 12.1. The summed E-state index contributed by atoms with van der Waals surface area (Å²) in [7, 11) is 0. The van der Waals surface area contributed by atoms with Crippen molar-refractivity contribution in [1.29, 1.82) is 0 Å². The summed E-state index contributed by atoms with van der Waals surface area (Å²) >= 11 is 0. The van der Waals surface area contributed by atoms with Gasteiger partial charge in [0.2, 0.25) is 0 Å². The summed E-state index contributed by atoms with van der Waals surface area (Å²) in [6.07, 6.45) is 8.47. The summed E-state index contributed by atoms with van der Waals surface area (Å²) < 4.78 is 22.0. The molecule has 3 aromatic heterocycles. The van der Waals surface area contributed by atoms with Crippen molar-refractivity contribution in [1.82, 2.24) is 24.4 Å². The van der Waals surface area contributed by atoms with E-state index in [0.29, 0.717) is 45.5 Å². The molecule has 8 nitrogen and oxygen atoms in total. The number of rotatable bonds is 6. The minimum absolute atomic E-state index is 0.0556. The third kappa shape index (κ3) is 4.19. The van der Waals surface area contributed by atoms with Crippen LogP contribution in [0.4, 0.5) is 4.39 Å². The Labute approximate surface area is 241 Å². The van der Waals surface area contributed by atoms with Crippen LogP contribution in [-0.4, -0.2) is 61.9 Å². The van der Waals surface area contributed by atoms with Gasteiger partial charge in [0.05, 0.1) is 42.6 Å². The molecule has 0 unspecified atom stereocenters. The monoisotopic (exact) mass is 563 g/mol. The first-order chi connectivity index (χ1) is 20.6. The lowest BCUT2D eigenvalue weighted by molar-refractivity contribution is -0.0612. The van der Waals surface area contributed by atoms with Crippen LogP contribution in [0.3, 0.4) is 0 Å². The van der Waals surface area contributed by atoms with Crippen LogP contribution in [0.5, 0.6) is 0 Å². The summed E-state index contributed by atoms with van der Waals surface area (Å²) in [5.74, 6) is -0.122. The summed E-state index contributed by atoms with van der Waals surface area (Å²) in [4.78, 5) is 28.7. The molecule has 1 saturated carbocycles. The standard InChI is InChI=1S/C33H30FN5O3/c34-27-13-22(19-4-5-19)12-21-8-11-39(33(41)30(21)27)29-3-1-2-24(26(29)15-40)31-25-14-28(37-32(25)36-18-35-31)20-6-9-38(10-7-20)23-16-42-17-23/h1-3,6,8,11-14,18-19,23,40H,4-5,7,9-10,15-17H2,(H,35,36,37). The number of fused-ring (bicyclic) bond motifs is 2. The molecule has 0 spiro atoms. The Bertz CT molecular complexity index is 1950. The van der Waals surface area contributed by atoms with E-state index in [9.17, 15) is 9.90 Å². The number of ether oxygens (including phenoxy) is 1. The third-order valence-corrected chi connectivity index (χ3v) is 9.00. The number of benzene rings is 2. The lowest BCUT2D eigenvalue weighted by atomic mass is 9.99. The summed E-state index contributed by atoms with van der Waals surface area (Å²) in [6.45, 7) is 3.16. The van der Waals surface area contributed by atoms with Gasteiger partial charge in [0.15, 0.2) is 0 Å². The van der Waals surface area contributed by atoms with Crippen LogP contribution in [0.2, 0.25) is 0 Å². The molecule has 5 heterocycles. The molecular formula is C33H30FN5O3. The summed E-state index contributed by atoms with van der Waals surface area (Å²) in [6, 6.07) is 13.3. The number of halogens is 1. The second kappa shape index (κ2) is 9.97. The van der Waals surface area contributed by atoms with Crippen molar-refractivity contribution in [3.05, 3.63) is 94.1 Å². The predicted octanol–water partition coefficient (Wildman–Crippen LogP) is 4.93. The lowest BCUT2D eigenvalue weighted by Gasteiger charge is -2.38. The molecule has 1 aliphatic carbocycles. The highest BCUT2D eigenvalue weighted by Crippen LogP contribution is 2.41. The van der Waals surface area contributed by atoms with Crippen LogP contribution in [0.25, 0.3) is 44.3 Å². The van der Waals surface area contributed by atoms with Crippen molar-refractivity contribution < 1.29 is 14.2 Å². The van der Waals surface area contributed by atoms with E-state index >= 15 is 4.39 Å². The van der Waals surface area contributed by atoms with E-state index in [2.05, 4.69) is 32.0 Å². The highest BCUT2D eigenvalue weighted by Gasteiger charge is 2.28. The van der Waals surface area contributed by atoms with Crippen molar-refractivity contribution in [2.75, 3.05) is 26.3 Å². The van der Waals surface area contributed by atoms with Gasteiger partial charge in [0, 0.05) is 41.5 Å². The molecule has 3 aliphatic rings. The third-order valence-electron chi connectivity index (χ3n) is 9.00. The van der Waals surface area contributed by atoms with Gasteiger partial charge < -0.3 is 14.8 Å². The van der Waals surface area contributed by atoms with Gasteiger partial charge in [-0.3, -0.25) is 14.3 Å². The average molecular weight is 564 g/mol. The number of aliphatic hydroxyl groups excluding tert-OH is 1. The van der Waals surface area contributed by atoms with E-state index < -0.39 is 11.4 Å². The van der Waals surface area contributed by atoms with Crippen LogP contribution in [0, 0.1) is 5.82 Å². The van der Waals surface area contributed by atoms with Gasteiger partial charge in [-0.1, -0.05) is 24.3 Å². The molecule has 0 amide bonds. The maximum absolute atomic E-state index is 15.2. The molecule has 8 rings (SSSR count). The Kier molecular flexibility index (Phi) is 6.06. The van der Waals surface area contributed by atoms with E-state index in [4.69, 9.17) is 4.74 Å². The summed E-state index contributed by atoms with van der Waals surface area (Å²) in [5.41, 5.74) is 5.82. The molecule has 1 saturated heterocycles. The quantitative estimate of drug-likeness (QED) is 0.304. The molecule has 42 heavy (non-hydrogen) atoms. The van der Waals surface area contributed by atoms with Crippen LogP contribution in [-0.2, 0) is 11.3 Å². The van der Waals surface area contributed by atoms with Gasteiger partial charge in [-0.2, -0.15) is 0 Å². The van der Waals surface area contributed by atoms with E-state index in [-0.39, 0.29) is 12.0 Å². The average Bonchev–Trinajstić information content (AvgIpc) is 3.74. The van der Waals surface area contributed by atoms with E-state index in [1.54, 1.807) is 18.3 Å². The zero-order chi connectivity index (χ0) is 28.4. The molecule has 2 fully saturated rings. The van der Waals surface area contributed by atoms with E-state index in [1.165, 1.54) is 22.5 Å². The van der Waals surface area contributed by atoms with Crippen molar-refractivity contribution in [3.63, 3.8) is 0 Å². The number of nitrogens with one attached hydrogen (secondary N) is 1. The van der Waals surface area contributed by atoms with Crippen LogP contribution in [0.1, 0.15) is 42.0 Å². The first-order valence-electron chi connectivity index (χ1n) is 14.5. The van der Waals surface area contributed by atoms with Crippen LogP contribution >= 0.6 is 0 Å². The Morgan fingerprint density at radius 2 is 2.00 bits per heavy atom. The second-order valence-corrected chi connectivity index (χ2v) is 11.5. The Morgan fingerprint density at radius 1 is 1.12 bits per heavy atom. The fourth-order valence-corrected chi connectivity index (χ4v) is 6.40. The number of aromatic nitrogens is 4. The number of nitrogens with zero attached hydrogens (tertiary/aromatic N) is 4. The lowest BCUT2D eigenvalue weighted by Crippen LogP contribution is -2.50. The van der Waals surface area contributed by atoms with Gasteiger partial charge in [-0.15, -0.1) is 0 Å². The van der Waals surface area contributed by atoms with Crippen LogP contribution in [0.15, 0.2) is 65.9 Å². The Hall–Kier alpha value is -4.18. The van der Waals surface area contributed by atoms with Gasteiger partial charge in [0.25, 0.3) is 5.56 Å². The molecule has 0 radical (unpaired) electrons. The minimum atomic E-state index is -0.506. The molecule has 0 bridgehead atoms. The number of hydrogen-bond acceptors (Lipinski definition) is 6. The van der Waals surface area contributed by atoms with Crippen molar-refractivity contribution in [2.45, 2.75) is 37.8 Å². The smallest absolute Gasteiger partial charge is 0.265 e. The molecular weight excluding hydrogens is 533 g/mol. The normalized spacial score (nSPS) is 18.0. The van der Waals surface area contributed by atoms with Crippen molar-refractivity contribution in [2.24, 2.45) is 0 Å². The molecule has 0 atom stereocenters. The maximum Gasteiger partial charge on any atom is 0.265 e. The van der Waals surface area contributed by atoms with E-state index in [1.807, 2.05) is 18.2 Å². The predicted molar refractivity (Wildman–Crippen MR) is 159 cm³/mol. The molecule has 2 aliphatic heterocycles. The Morgan fingerprint density at radius 3 is 2.74 bits per heavy atom. The highest BCUT2D eigenvalue weighted by atomic mass is 19.1. The molecule has 2 aromatic carbocycles. The number of H-pyrrole nitrogens is 1. The molecule has 9 heteroatoms. The molecule has 2 N–H and O–H groups in total. The number of aromatic amines is 1. The van der Waals surface area contributed by atoms with Gasteiger partial charge >= 0.3 is 0 Å². The van der Waals surface area contributed by atoms with Gasteiger partial charge in [-0.25, -0.2) is 14.4 Å². The first-order valence-corrected chi connectivity index (χ1v) is 14.5. The van der Waals surface area contributed by atoms with Crippen molar-refractivity contribution >= 4 is 27.4 Å². The SMILES string of the molecule is O=c1c2c(F)cc(C3CC3)cc2ccn1-c1cccc(-c2ncnc3[nH]c(C4=CCN(C5COC5)CC4)cc23)c1CO. The number of aliphatic hydroxyl groups is 1. The van der Waals surface area contributed by atoms with Gasteiger partial charge in [-0.05, 0) is 66.0 Å². The van der Waals surface area contributed by atoms with Gasteiger partial charge in [0.1, 0.15) is 17.8 Å².